The van der Waals surface area contributed by atoms with Crippen molar-refractivity contribution < 1.29 is 24.3 Å². The van der Waals surface area contributed by atoms with Crippen molar-refractivity contribution in [3.63, 3.8) is 0 Å². The molecular formula is C16H24N6O5. The quantitative estimate of drug-likeness (QED) is 0.285. The first-order valence-corrected chi connectivity index (χ1v) is 8.67. The number of hydrogen-bond donors (Lipinski definition) is 6. The summed E-state index contributed by atoms with van der Waals surface area (Å²) in [6.45, 7) is 1.88. The molecule has 11 nitrogen and oxygen atoms in total. The Kier molecular flexibility index (Phi) is 7.29. The molecule has 1 aliphatic rings. The smallest absolute Gasteiger partial charge is 0.326 e. The number of carbonyl (C=O) groups excluding carboxylic acids is 3. The van der Waals surface area contributed by atoms with E-state index in [4.69, 9.17) is 0 Å². The van der Waals surface area contributed by atoms with Crippen LogP contribution in [0.4, 0.5) is 0 Å². The SMILES string of the molecule is CC(NC(=O)C1CCCN1)C(=O)NCC(=O)NC(Cc1cnc[nH]1)C(=O)O. The van der Waals surface area contributed by atoms with Crippen molar-refractivity contribution in [2.24, 2.45) is 0 Å². The largest absolute Gasteiger partial charge is 0.480 e. The van der Waals surface area contributed by atoms with Crippen LogP contribution in [0.2, 0.25) is 0 Å². The van der Waals surface area contributed by atoms with Crippen molar-refractivity contribution in [3.8, 4) is 0 Å². The molecule has 3 unspecified atom stereocenters. The molecule has 1 aliphatic heterocycles. The summed E-state index contributed by atoms with van der Waals surface area (Å²) in [5.41, 5.74) is 0.559. The van der Waals surface area contributed by atoms with Gasteiger partial charge < -0.3 is 31.4 Å². The number of carboxylic acids is 1. The van der Waals surface area contributed by atoms with Crippen molar-refractivity contribution in [1.29, 1.82) is 0 Å². The second kappa shape index (κ2) is 9.67. The first-order chi connectivity index (χ1) is 12.9. The van der Waals surface area contributed by atoms with Crippen LogP contribution in [0.3, 0.4) is 0 Å². The van der Waals surface area contributed by atoms with E-state index in [2.05, 4.69) is 31.2 Å². The van der Waals surface area contributed by atoms with Crippen LogP contribution in [0.25, 0.3) is 0 Å². The zero-order valence-corrected chi connectivity index (χ0v) is 14.9. The lowest BCUT2D eigenvalue weighted by Crippen LogP contribution is -2.52. The number of hydrogen-bond acceptors (Lipinski definition) is 6. The Balaban J connectivity index is 1.74. The Morgan fingerprint density at radius 2 is 2.11 bits per heavy atom. The number of carboxylic acid groups (broad SMARTS) is 1. The van der Waals surface area contributed by atoms with Gasteiger partial charge in [-0.25, -0.2) is 9.78 Å². The molecule has 2 heterocycles. The first-order valence-electron chi connectivity index (χ1n) is 8.67. The molecule has 148 valence electrons. The number of aliphatic carboxylic acids is 1. The molecule has 0 spiro atoms. The second-order valence-electron chi connectivity index (χ2n) is 6.34. The molecule has 11 heteroatoms. The number of aromatic amines is 1. The summed E-state index contributed by atoms with van der Waals surface area (Å²) < 4.78 is 0. The van der Waals surface area contributed by atoms with Crippen LogP contribution < -0.4 is 21.3 Å². The fraction of sp³-hybridized carbons (Fsp3) is 0.562. The summed E-state index contributed by atoms with van der Waals surface area (Å²) in [7, 11) is 0. The lowest BCUT2D eigenvalue weighted by Gasteiger charge is -2.18. The third-order valence-electron chi connectivity index (χ3n) is 4.16. The van der Waals surface area contributed by atoms with E-state index in [0.717, 1.165) is 19.4 Å². The van der Waals surface area contributed by atoms with Gasteiger partial charge in [-0.05, 0) is 26.3 Å². The summed E-state index contributed by atoms with van der Waals surface area (Å²) in [5, 5.41) is 19.5. The zero-order valence-electron chi connectivity index (χ0n) is 14.9. The van der Waals surface area contributed by atoms with Gasteiger partial charge in [0.2, 0.25) is 17.7 Å². The van der Waals surface area contributed by atoms with Gasteiger partial charge in [-0.1, -0.05) is 0 Å². The molecule has 3 amide bonds. The molecule has 0 saturated carbocycles. The average molecular weight is 380 g/mol. The minimum absolute atomic E-state index is 0.0376. The number of aromatic nitrogens is 2. The van der Waals surface area contributed by atoms with Crippen LogP contribution in [-0.2, 0) is 25.6 Å². The fourth-order valence-electron chi connectivity index (χ4n) is 2.67. The zero-order chi connectivity index (χ0) is 19.8. The molecular weight excluding hydrogens is 356 g/mol. The highest BCUT2D eigenvalue weighted by atomic mass is 16.4. The van der Waals surface area contributed by atoms with Crippen molar-refractivity contribution in [2.45, 2.75) is 44.3 Å². The third-order valence-corrected chi connectivity index (χ3v) is 4.16. The fourth-order valence-corrected chi connectivity index (χ4v) is 2.67. The monoisotopic (exact) mass is 380 g/mol. The van der Waals surface area contributed by atoms with Crippen molar-refractivity contribution in [3.05, 3.63) is 18.2 Å². The molecule has 0 radical (unpaired) electrons. The normalized spacial score (nSPS) is 18.3. The number of amides is 3. The summed E-state index contributed by atoms with van der Waals surface area (Å²) in [5.74, 6) is -2.64. The van der Waals surface area contributed by atoms with E-state index in [0.29, 0.717) is 5.69 Å². The summed E-state index contributed by atoms with van der Waals surface area (Å²) in [6, 6.07) is -2.27. The number of rotatable bonds is 9. The Morgan fingerprint density at radius 3 is 2.70 bits per heavy atom. The standard InChI is InChI=1S/C16H24N6O5/c1-9(21-15(25)11-3-2-4-18-11)14(24)19-7-13(23)22-12(16(26)27)5-10-6-17-8-20-10/h6,8-9,11-12,18H,2-5,7H2,1H3,(H,17,20)(H,19,24)(H,21,25)(H,22,23)(H,26,27). The molecule has 6 N–H and O–H groups in total. The third kappa shape index (κ3) is 6.37. The first kappa shape index (κ1) is 20.4. The minimum atomic E-state index is -1.20. The number of carbonyl (C=O) groups is 4. The summed E-state index contributed by atoms with van der Waals surface area (Å²) in [6.07, 6.45) is 4.54. The van der Waals surface area contributed by atoms with Gasteiger partial charge in [-0.3, -0.25) is 14.4 Å². The number of nitrogens with zero attached hydrogens (tertiary/aromatic N) is 1. The van der Waals surface area contributed by atoms with Crippen molar-refractivity contribution in [1.82, 2.24) is 31.2 Å². The maximum Gasteiger partial charge on any atom is 0.326 e. The highest BCUT2D eigenvalue weighted by Gasteiger charge is 2.26. The molecule has 1 aromatic heterocycles. The van der Waals surface area contributed by atoms with Crippen LogP contribution in [0.1, 0.15) is 25.5 Å². The minimum Gasteiger partial charge on any atom is -0.480 e. The molecule has 0 aromatic carbocycles. The summed E-state index contributed by atoms with van der Waals surface area (Å²) in [4.78, 5) is 53.7. The van der Waals surface area contributed by atoms with Gasteiger partial charge in [0.05, 0.1) is 18.9 Å². The van der Waals surface area contributed by atoms with E-state index >= 15 is 0 Å². The molecule has 1 fully saturated rings. The van der Waals surface area contributed by atoms with Crippen molar-refractivity contribution >= 4 is 23.7 Å². The lowest BCUT2D eigenvalue weighted by molar-refractivity contribution is -0.141. The van der Waals surface area contributed by atoms with E-state index in [-0.39, 0.29) is 18.4 Å². The van der Waals surface area contributed by atoms with Gasteiger partial charge in [0.15, 0.2) is 0 Å². The lowest BCUT2D eigenvalue weighted by atomic mass is 10.1. The maximum atomic E-state index is 12.0. The number of H-pyrrole nitrogens is 1. The van der Waals surface area contributed by atoms with E-state index < -0.39 is 36.4 Å². The summed E-state index contributed by atoms with van der Waals surface area (Å²) >= 11 is 0. The second-order valence-corrected chi connectivity index (χ2v) is 6.34. The molecule has 3 atom stereocenters. The predicted molar refractivity (Wildman–Crippen MR) is 93.5 cm³/mol. The Labute approximate surface area is 155 Å². The molecule has 1 saturated heterocycles. The van der Waals surface area contributed by atoms with Crippen LogP contribution in [0.5, 0.6) is 0 Å². The van der Waals surface area contributed by atoms with Gasteiger partial charge in [0.1, 0.15) is 12.1 Å². The molecule has 27 heavy (non-hydrogen) atoms. The van der Waals surface area contributed by atoms with Gasteiger partial charge >= 0.3 is 5.97 Å². The Bertz CT molecular complexity index is 671. The van der Waals surface area contributed by atoms with Gasteiger partial charge in [-0.2, -0.15) is 0 Å². The highest BCUT2D eigenvalue weighted by Crippen LogP contribution is 2.04. The Hall–Kier alpha value is -2.95. The van der Waals surface area contributed by atoms with E-state index in [1.54, 1.807) is 0 Å². The average Bonchev–Trinajstić information content (AvgIpc) is 3.32. The van der Waals surface area contributed by atoms with Gasteiger partial charge in [-0.15, -0.1) is 0 Å². The number of imidazole rings is 1. The predicted octanol–water partition coefficient (Wildman–Crippen LogP) is -2.11. The topological polar surface area (TPSA) is 165 Å². The van der Waals surface area contributed by atoms with E-state index in [1.165, 1.54) is 19.4 Å². The van der Waals surface area contributed by atoms with Gasteiger partial charge in [0, 0.05) is 18.3 Å². The maximum absolute atomic E-state index is 12.0. The molecule has 0 bridgehead atoms. The molecule has 0 aliphatic carbocycles. The van der Waals surface area contributed by atoms with E-state index in [1.807, 2.05) is 0 Å². The van der Waals surface area contributed by atoms with Crippen molar-refractivity contribution in [2.75, 3.05) is 13.1 Å². The molecule has 2 rings (SSSR count). The van der Waals surface area contributed by atoms with Crippen LogP contribution in [0, 0.1) is 0 Å². The van der Waals surface area contributed by atoms with E-state index in [9.17, 15) is 24.3 Å². The highest BCUT2D eigenvalue weighted by molar-refractivity contribution is 5.92. The molecule has 1 aromatic rings. The van der Waals surface area contributed by atoms with Gasteiger partial charge in [0.25, 0.3) is 0 Å². The van der Waals surface area contributed by atoms with Crippen LogP contribution >= 0.6 is 0 Å². The van der Waals surface area contributed by atoms with Crippen LogP contribution in [0.15, 0.2) is 12.5 Å². The Morgan fingerprint density at radius 1 is 1.33 bits per heavy atom. The van der Waals surface area contributed by atoms with Crippen LogP contribution in [-0.4, -0.2) is 70.0 Å². The number of nitrogens with one attached hydrogen (secondary N) is 5.